The van der Waals surface area contributed by atoms with Crippen molar-refractivity contribution in [2.45, 2.75) is 27.7 Å². The smallest absolute Gasteiger partial charge is 0.259 e. The van der Waals surface area contributed by atoms with Gasteiger partial charge in [0.05, 0.1) is 12.8 Å². The van der Waals surface area contributed by atoms with E-state index in [1.165, 1.54) is 5.56 Å². The van der Waals surface area contributed by atoms with Gasteiger partial charge in [0, 0.05) is 33.3 Å². The molecule has 1 aromatic heterocycles. The number of benzene rings is 2. The summed E-state index contributed by atoms with van der Waals surface area (Å²) in [5, 5.41) is 7.88. The quantitative estimate of drug-likeness (QED) is 0.449. The standard InChI is InChI=1S/C23H25ClN4O/c1-15-5-9-21(10-6-15)25-14-23(29)27-26-13-19-11-17(3)28(18(19)4)22-12-20(24)8-7-16(22)2/h5-13,25H,14H2,1-4H3,(H,27,29)/b26-13-. The lowest BCUT2D eigenvalue weighted by Crippen LogP contribution is -2.25. The van der Waals surface area contributed by atoms with E-state index in [-0.39, 0.29) is 12.5 Å². The molecule has 1 heterocycles. The number of nitrogens with zero attached hydrogens (tertiary/aromatic N) is 2. The molecule has 2 aromatic carbocycles. The Balaban J connectivity index is 1.66. The average molecular weight is 409 g/mol. The average Bonchev–Trinajstić information content (AvgIpc) is 2.97. The van der Waals surface area contributed by atoms with E-state index >= 15 is 0 Å². The predicted molar refractivity (Wildman–Crippen MR) is 120 cm³/mol. The van der Waals surface area contributed by atoms with Crippen molar-refractivity contribution in [1.29, 1.82) is 0 Å². The molecule has 0 spiro atoms. The van der Waals surface area contributed by atoms with E-state index < -0.39 is 0 Å². The number of hydrogen-bond acceptors (Lipinski definition) is 3. The van der Waals surface area contributed by atoms with Gasteiger partial charge in [-0.05, 0) is 63.6 Å². The lowest BCUT2D eigenvalue weighted by Gasteiger charge is -2.13. The van der Waals surface area contributed by atoms with Crippen LogP contribution in [0.2, 0.25) is 5.02 Å². The summed E-state index contributed by atoms with van der Waals surface area (Å²) in [5.74, 6) is -0.207. The molecule has 0 atom stereocenters. The third-order valence-corrected chi connectivity index (χ3v) is 5.01. The van der Waals surface area contributed by atoms with E-state index in [2.05, 4.69) is 27.3 Å². The Morgan fingerprint density at radius 3 is 2.52 bits per heavy atom. The first-order valence-corrected chi connectivity index (χ1v) is 9.81. The predicted octanol–water partition coefficient (Wildman–Crippen LogP) is 4.93. The van der Waals surface area contributed by atoms with Crippen molar-refractivity contribution in [3.8, 4) is 5.69 Å². The number of carbonyl (C=O) groups is 1. The Bertz CT molecular complexity index is 1050. The van der Waals surface area contributed by atoms with Crippen LogP contribution in [0.15, 0.2) is 53.6 Å². The summed E-state index contributed by atoms with van der Waals surface area (Å²) in [4.78, 5) is 12.0. The van der Waals surface area contributed by atoms with E-state index in [1.807, 2.05) is 69.3 Å². The number of anilines is 1. The molecule has 6 heteroatoms. The molecular weight excluding hydrogens is 384 g/mol. The van der Waals surface area contributed by atoms with Crippen molar-refractivity contribution in [2.75, 3.05) is 11.9 Å². The highest BCUT2D eigenvalue weighted by Crippen LogP contribution is 2.25. The van der Waals surface area contributed by atoms with Crippen molar-refractivity contribution in [3.05, 3.63) is 81.6 Å². The number of halogens is 1. The number of aryl methyl sites for hydroxylation is 3. The fraction of sp³-hybridized carbons (Fsp3) is 0.217. The van der Waals surface area contributed by atoms with E-state index in [1.54, 1.807) is 6.21 Å². The molecule has 3 aromatic rings. The van der Waals surface area contributed by atoms with Crippen LogP contribution in [-0.2, 0) is 4.79 Å². The van der Waals surface area contributed by atoms with Gasteiger partial charge in [0.15, 0.2) is 0 Å². The second-order valence-corrected chi connectivity index (χ2v) is 7.54. The second-order valence-electron chi connectivity index (χ2n) is 7.11. The highest BCUT2D eigenvalue weighted by molar-refractivity contribution is 6.30. The Kier molecular flexibility index (Phi) is 6.39. The third kappa shape index (κ3) is 5.06. The first-order valence-electron chi connectivity index (χ1n) is 9.43. The summed E-state index contributed by atoms with van der Waals surface area (Å²) < 4.78 is 2.14. The monoisotopic (exact) mass is 408 g/mol. The summed E-state index contributed by atoms with van der Waals surface area (Å²) in [6, 6.07) is 15.8. The maximum absolute atomic E-state index is 12.0. The first kappa shape index (κ1) is 20.7. The Labute approximate surface area is 176 Å². The molecule has 0 saturated heterocycles. The molecule has 3 rings (SSSR count). The van der Waals surface area contributed by atoms with Gasteiger partial charge in [-0.2, -0.15) is 5.10 Å². The van der Waals surface area contributed by atoms with E-state index in [0.29, 0.717) is 5.02 Å². The van der Waals surface area contributed by atoms with Gasteiger partial charge < -0.3 is 9.88 Å². The zero-order chi connectivity index (χ0) is 21.0. The Hall–Kier alpha value is -3.05. The van der Waals surface area contributed by atoms with Crippen LogP contribution in [0.25, 0.3) is 5.69 Å². The van der Waals surface area contributed by atoms with Crippen LogP contribution in [0, 0.1) is 27.7 Å². The number of aromatic nitrogens is 1. The number of hydrogen-bond donors (Lipinski definition) is 2. The van der Waals surface area contributed by atoms with Gasteiger partial charge in [-0.15, -0.1) is 0 Å². The molecule has 0 saturated carbocycles. The molecule has 0 fully saturated rings. The van der Waals surface area contributed by atoms with Crippen LogP contribution in [0.4, 0.5) is 5.69 Å². The molecule has 1 amide bonds. The van der Waals surface area contributed by atoms with Gasteiger partial charge in [0.2, 0.25) is 0 Å². The molecule has 5 nitrogen and oxygen atoms in total. The van der Waals surface area contributed by atoms with Crippen molar-refractivity contribution < 1.29 is 4.79 Å². The summed E-state index contributed by atoms with van der Waals surface area (Å²) in [5.41, 5.74) is 9.86. The summed E-state index contributed by atoms with van der Waals surface area (Å²) in [6.45, 7) is 8.29. The summed E-state index contributed by atoms with van der Waals surface area (Å²) in [7, 11) is 0. The van der Waals surface area contributed by atoms with Crippen molar-refractivity contribution >= 4 is 29.4 Å². The van der Waals surface area contributed by atoms with E-state index in [0.717, 1.165) is 33.9 Å². The number of amides is 1. The van der Waals surface area contributed by atoms with Gasteiger partial charge in [-0.1, -0.05) is 35.4 Å². The Morgan fingerprint density at radius 2 is 1.79 bits per heavy atom. The fourth-order valence-electron chi connectivity index (χ4n) is 3.18. The third-order valence-electron chi connectivity index (χ3n) is 4.78. The van der Waals surface area contributed by atoms with Crippen molar-refractivity contribution in [2.24, 2.45) is 5.10 Å². The van der Waals surface area contributed by atoms with Gasteiger partial charge in [-0.25, -0.2) is 5.43 Å². The molecule has 2 N–H and O–H groups in total. The van der Waals surface area contributed by atoms with Crippen LogP contribution in [0.5, 0.6) is 0 Å². The van der Waals surface area contributed by atoms with Gasteiger partial charge >= 0.3 is 0 Å². The summed E-state index contributed by atoms with van der Waals surface area (Å²) >= 11 is 6.19. The number of carbonyl (C=O) groups excluding carboxylic acids is 1. The zero-order valence-electron chi connectivity index (χ0n) is 17.1. The maximum atomic E-state index is 12.0. The topological polar surface area (TPSA) is 58.4 Å². The van der Waals surface area contributed by atoms with E-state index in [9.17, 15) is 4.79 Å². The van der Waals surface area contributed by atoms with Gasteiger partial charge in [-0.3, -0.25) is 4.79 Å². The molecule has 0 bridgehead atoms. The number of nitrogens with one attached hydrogen (secondary N) is 2. The molecule has 0 unspecified atom stereocenters. The molecule has 29 heavy (non-hydrogen) atoms. The lowest BCUT2D eigenvalue weighted by molar-refractivity contribution is -0.119. The normalized spacial score (nSPS) is 11.1. The summed E-state index contributed by atoms with van der Waals surface area (Å²) in [6.07, 6.45) is 1.67. The number of rotatable bonds is 6. The highest BCUT2D eigenvalue weighted by Gasteiger charge is 2.12. The first-order chi connectivity index (χ1) is 13.8. The Morgan fingerprint density at radius 1 is 1.07 bits per heavy atom. The SMILES string of the molecule is Cc1ccc(NCC(=O)N/N=C\c2cc(C)n(-c3cc(Cl)ccc3C)c2C)cc1. The van der Waals surface area contributed by atoms with Gasteiger partial charge in [0.25, 0.3) is 5.91 Å². The minimum Gasteiger partial charge on any atom is -0.376 e. The lowest BCUT2D eigenvalue weighted by atomic mass is 10.2. The molecule has 0 aliphatic carbocycles. The van der Waals surface area contributed by atoms with E-state index in [4.69, 9.17) is 11.6 Å². The van der Waals surface area contributed by atoms with Crippen LogP contribution in [-0.4, -0.2) is 23.2 Å². The van der Waals surface area contributed by atoms with Gasteiger partial charge in [0.1, 0.15) is 0 Å². The molecule has 0 aliphatic heterocycles. The zero-order valence-corrected chi connectivity index (χ0v) is 17.8. The van der Waals surface area contributed by atoms with Crippen LogP contribution >= 0.6 is 11.6 Å². The van der Waals surface area contributed by atoms with Crippen LogP contribution < -0.4 is 10.7 Å². The largest absolute Gasteiger partial charge is 0.376 e. The highest BCUT2D eigenvalue weighted by atomic mass is 35.5. The maximum Gasteiger partial charge on any atom is 0.259 e. The van der Waals surface area contributed by atoms with Crippen LogP contribution in [0.1, 0.15) is 28.1 Å². The number of hydrazone groups is 1. The van der Waals surface area contributed by atoms with Crippen molar-refractivity contribution in [3.63, 3.8) is 0 Å². The minimum atomic E-state index is -0.207. The fourth-order valence-corrected chi connectivity index (χ4v) is 3.35. The minimum absolute atomic E-state index is 0.154. The van der Waals surface area contributed by atoms with Crippen molar-refractivity contribution in [1.82, 2.24) is 9.99 Å². The molecule has 150 valence electrons. The second kappa shape index (κ2) is 8.97. The molecule has 0 aliphatic rings. The van der Waals surface area contributed by atoms with Crippen LogP contribution in [0.3, 0.4) is 0 Å². The molecular formula is C23H25ClN4O. The molecule has 0 radical (unpaired) electrons.